The molecule has 0 bridgehead atoms. The molecule has 1 saturated heterocycles. The molecule has 0 spiro atoms. The van der Waals surface area contributed by atoms with E-state index >= 15 is 0 Å². The zero-order chi connectivity index (χ0) is 92.1. The fourth-order valence-electron chi connectivity index (χ4n) is 12.9. The van der Waals surface area contributed by atoms with Gasteiger partial charge in [-0.15, -0.1) is 0 Å². The molecular weight excluding hydrogens is 1920 g/mol. The van der Waals surface area contributed by atoms with Gasteiger partial charge >= 0.3 is 30.1 Å². The average Bonchev–Trinajstić information content (AvgIpc) is 1.58. The number of aromatic carboxylic acids is 1. The lowest BCUT2D eigenvalue weighted by atomic mass is 9.93. The first-order chi connectivity index (χ1) is 56.6. The summed E-state index contributed by atoms with van der Waals surface area (Å²) in [6.07, 6.45) is 4.38. The molecule has 5 aliphatic rings. The van der Waals surface area contributed by atoms with Crippen LogP contribution in [0.15, 0.2) is 141 Å². The Morgan fingerprint density at radius 3 is 1.37 bits per heavy atom. The van der Waals surface area contributed by atoms with Gasteiger partial charge in [0.1, 0.15) is 33.0 Å². The maximum Gasteiger partial charge on any atom is 0.418 e. The highest BCUT2D eigenvalue weighted by atomic mass is 79.9. The Kier molecular flexibility index (Phi) is 34.5. The highest BCUT2D eigenvalue weighted by Gasteiger charge is 2.54. The van der Waals surface area contributed by atoms with Crippen molar-refractivity contribution in [3.05, 3.63) is 263 Å². The van der Waals surface area contributed by atoms with Crippen LogP contribution < -0.4 is 21.3 Å². The zero-order valence-electron chi connectivity index (χ0n) is 68.5. The number of rotatable bonds is 6. The maximum absolute atomic E-state index is 12.7. The summed E-state index contributed by atoms with van der Waals surface area (Å²) in [6.45, 7) is 26.7. The molecule has 0 saturated carbocycles. The number of hydrogen-bond donors (Lipinski definition) is 4. The molecule has 648 valence electrons. The second-order valence-corrected chi connectivity index (χ2v) is 36.1. The van der Waals surface area contributed by atoms with E-state index in [1.54, 1.807) is 150 Å². The van der Waals surface area contributed by atoms with E-state index in [-0.39, 0.29) is 71.8 Å². The number of esters is 2. The Bertz CT molecular complexity index is 5480. The van der Waals surface area contributed by atoms with Crippen LogP contribution in [0.25, 0.3) is 0 Å². The van der Waals surface area contributed by atoms with Gasteiger partial charge < -0.3 is 45.3 Å². The van der Waals surface area contributed by atoms with Crippen LogP contribution in [0.2, 0.25) is 35.2 Å². The summed E-state index contributed by atoms with van der Waals surface area (Å²) in [5, 5.41) is 47.6. The lowest BCUT2D eigenvalue weighted by molar-refractivity contribution is -0.385. The summed E-state index contributed by atoms with van der Waals surface area (Å²) in [4.78, 5) is 135. The van der Waals surface area contributed by atoms with E-state index in [1.165, 1.54) is 82.6 Å². The first kappa shape index (κ1) is 101. The molecule has 0 unspecified atom stereocenters. The standard InChI is InChI=1S/C15H17ClN2O5.C15H19ClN2O3.C10H13BrN2.C10H9ClN2O3.C10H10ClNO.C9H6ClNO2.C8H6BrClO2.C7H4BrClO2/c1-14(2,3)23-13(20)17-12(19)10-9(18(21)22)7-6-8(16)11(10)15(17,4)5;1-14(2,3)21-13(20)18-12(19)10-9(17)7-6-8(16)11(10)15(18,4)5;11-10-5-4-9(8-12-10)13-6-2-1-3-7-13;1-10(2)8-5(11)3-4-6(13(15)16)7(8)9(14)12-10;1-10(2)8-6(9(13)12-10)4-3-5-7(8)11;1-13-9(12)6-3-2-4-8(10)7(6)5-11;1-12-8(11)5-3-2-4-6(10)7(5)9;8-6-4(7(10)11)2-1-3-5(6)9/h6-7H,1-5H3;6-7H,17H2,1-5H3;4-5,8H,1-3,6-7H2;3-4H,1-2H3,(H,12,14);3-5H,1-2H3,(H,12,13);2-4H,1H3;2-4H,1H3;1-3H,(H,10,11). The van der Waals surface area contributed by atoms with E-state index in [0.717, 1.165) is 26.0 Å². The minimum Gasteiger partial charge on any atom is -0.478 e. The second kappa shape index (κ2) is 41.6. The summed E-state index contributed by atoms with van der Waals surface area (Å²) in [6, 6.07) is 34.1. The molecule has 6 heterocycles. The number of nitro groups is 2. The smallest absolute Gasteiger partial charge is 0.418 e. The number of nitrogens with zero attached hydrogens (tertiary/aromatic N) is 7. The molecular formula is C84H84Br3Cl7N10O18. The number of benzene rings is 7. The molecule has 28 nitrogen and oxygen atoms in total. The second-order valence-electron chi connectivity index (χ2n) is 30.9. The van der Waals surface area contributed by atoms with Gasteiger partial charge in [0.2, 0.25) is 0 Å². The van der Waals surface area contributed by atoms with Crippen molar-refractivity contribution in [1.29, 1.82) is 5.26 Å². The van der Waals surface area contributed by atoms with Crippen LogP contribution in [0, 0.1) is 31.6 Å². The molecule has 5 N–H and O–H groups in total. The van der Waals surface area contributed by atoms with Crippen molar-refractivity contribution in [3.63, 3.8) is 0 Å². The van der Waals surface area contributed by atoms with Gasteiger partial charge in [-0.25, -0.2) is 38.8 Å². The molecule has 122 heavy (non-hydrogen) atoms. The molecule has 5 aliphatic heterocycles. The minimum atomic E-state index is -1.15. The van der Waals surface area contributed by atoms with E-state index < -0.39 is 85.5 Å². The number of aromatic nitrogens is 1. The van der Waals surface area contributed by atoms with Crippen molar-refractivity contribution in [1.82, 2.24) is 25.4 Å². The SMILES string of the molecule is Brc1ccc(N2CCCCC2)cn1.CC(C)(C)OC(=O)N1C(=O)c2c(N)ccc(Cl)c2C1(C)C.CC(C)(C)OC(=O)N1C(=O)c2c([N+](=O)[O-])ccc(Cl)c2C1(C)C.CC1(C)NC(=O)c2c([N+](=O)[O-])ccc(Cl)c21.CC1(C)NC(=O)c2cccc(Cl)c21.COC(=O)c1cccc(Cl)c1Br.COC(=O)c1cccc(Cl)c1C#N.O=C(O)c1cccc(Cl)c1Br. The van der Waals surface area contributed by atoms with Crippen LogP contribution in [0.5, 0.6) is 0 Å². The summed E-state index contributed by atoms with van der Waals surface area (Å²) >= 11 is 51.1. The van der Waals surface area contributed by atoms with Gasteiger partial charge in [0, 0.05) is 78.8 Å². The summed E-state index contributed by atoms with van der Waals surface area (Å²) in [5.41, 5.74) is 6.30. The number of piperidine rings is 1. The molecule has 13 rings (SSSR count). The van der Waals surface area contributed by atoms with Gasteiger partial charge in [0.25, 0.3) is 35.0 Å². The van der Waals surface area contributed by atoms with Crippen LogP contribution >= 0.6 is 129 Å². The summed E-state index contributed by atoms with van der Waals surface area (Å²) < 4.78 is 21.5. The predicted molar refractivity (Wildman–Crippen MR) is 477 cm³/mol. The lowest BCUT2D eigenvalue weighted by Crippen LogP contribution is -2.46. The van der Waals surface area contributed by atoms with E-state index in [1.807, 2.05) is 38.2 Å². The Hall–Kier alpha value is -9.72. The van der Waals surface area contributed by atoms with Crippen molar-refractivity contribution in [2.45, 2.75) is 150 Å². The topological polar surface area (TPSA) is 394 Å². The van der Waals surface area contributed by atoms with E-state index in [9.17, 15) is 63.4 Å². The molecule has 7 aromatic carbocycles. The number of fused-ring (bicyclic) bond motifs is 4. The van der Waals surface area contributed by atoms with Crippen LogP contribution in [0.3, 0.4) is 0 Å². The Balaban J connectivity index is 0.000000219. The molecule has 1 fully saturated rings. The number of pyridine rings is 1. The number of halogens is 10. The number of carbonyl (C=O) groups excluding carboxylic acids is 8. The normalized spacial score (nSPS) is 14.7. The Labute approximate surface area is 763 Å². The average molecular weight is 2010 g/mol. The van der Waals surface area contributed by atoms with Crippen LogP contribution in [0.1, 0.15) is 217 Å². The number of carboxylic acid groups (broad SMARTS) is 1. The maximum atomic E-state index is 12.7. The first-order valence-electron chi connectivity index (χ1n) is 36.5. The van der Waals surface area contributed by atoms with E-state index in [4.69, 9.17) is 107 Å². The molecule has 0 aliphatic carbocycles. The number of carbonyl (C=O) groups is 9. The highest BCUT2D eigenvalue weighted by molar-refractivity contribution is 9.11. The molecule has 0 atom stereocenters. The van der Waals surface area contributed by atoms with Crippen LogP contribution in [-0.2, 0) is 41.1 Å². The van der Waals surface area contributed by atoms with Gasteiger partial charge in [0.05, 0.1) is 110 Å². The summed E-state index contributed by atoms with van der Waals surface area (Å²) in [5.74, 6) is -3.70. The molecule has 38 heteroatoms. The van der Waals surface area contributed by atoms with Gasteiger partial charge in [0.15, 0.2) is 0 Å². The number of carboxylic acids is 1. The predicted octanol–water partition coefficient (Wildman–Crippen LogP) is 22.5. The number of methoxy groups -OCH3 is 2. The Morgan fingerprint density at radius 1 is 0.525 bits per heavy atom. The van der Waals surface area contributed by atoms with Crippen LogP contribution in [-0.4, -0.2) is 122 Å². The third-order valence-electron chi connectivity index (χ3n) is 18.3. The minimum absolute atomic E-state index is 0.0394. The molecule has 6 amide bonds. The number of hydrogen-bond acceptors (Lipinski definition) is 21. The first-order valence-corrected chi connectivity index (χ1v) is 41.5. The van der Waals surface area contributed by atoms with Crippen molar-refractivity contribution in [3.8, 4) is 6.07 Å². The van der Waals surface area contributed by atoms with Gasteiger partial charge in [-0.05, 0) is 249 Å². The number of nitro benzene ring substituents is 2. The fourth-order valence-corrected chi connectivity index (χ4v) is 16.2. The van der Waals surface area contributed by atoms with Crippen molar-refractivity contribution < 1.29 is 77.1 Å². The zero-order valence-corrected chi connectivity index (χ0v) is 78.6. The quantitative estimate of drug-likeness (QED) is 0.0300. The summed E-state index contributed by atoms with van der Waals surface area (Å²) in [7, 11) is 2.58. The fraction of sp³-hybridized carbons (Fsp3) is 0.321. The third-order valence-corrected chi connectivity index (χ3v) is 23.1. The van der Waals surface area contributed by atoms with E-state index in [0.29, 0.717) is 62.0 Å². The number of anilines is 2. The molecule has 8 aromatic rings. The number of nitrogens with one attached hydrogen (secondary N) is 2. The van der Waals surface area contributed by atoms with Gasteiger partial charge in [-0.2, -0.15) is 5.26 Å². The third kappa shape index (κ3) is 24.2. The molecule has 1 aromatic heterocycles. The van der Waals surface area contributed by atoms with Crippen molar-refractivity contribution in [2.75, 3.05) is 37.9 Å². The highest BCUT2D eigenvalue weighted by Crippen LogP contribution is 2.49. The van der Waals surface area contributed by atoms with Crippen LogP contribution in [0.4, 0.5) is 32.3 Å². The number of nitrogens with two attached hydrogens (primary N) is 1. The number of nitriles is 1. The van der Waals surface area contributed by atoms with E-state index in [2.05, 4.69) is 83.8 Å². The lowest BCUT2D eigenvalue weighted by Gasteiger charge is -2.32. The number of amides is 6. The van der Waals surface area contributed by atoms with Crippen molar-refractivity contribution >= 4 is 205 Å². The monoisotopic (exact) mass is 2000 g/mol. The number of ether oxygens (including phenoxy) is 4. The van der Waals surface area contributed by atoms with Crippen molar-refractivity contribution in [2.24, 2.45) is 0 Å². The Morgan fingerprint density at radius 2 is 0.926 bits per heavy atom. The van der Waals surface area contributed by atoms with Gasteiger partial charge in [-0.3, -0.25) is 39.4 Å². The number of nitrogen functional groups attached to an aromatic ring is 1. The molecule has 0 radical (unpaired) electrons. The van der Waals surface area contributed by atoms with Gasteiger partial charge in [-0.1, -0.05) is 105 Å². The largest absolute Gasteiger partial charge is 0.478 e. The number of imide groups is 2.